The predicted molar refractivity (Wildman–Crippen MR) is 92.7 cm³/mol. The number of aromatic carboxylic acids is 1. The van der Waals surface area contributed by atoms with E-state index >= 15 is 0 Å². The molecule has 10 heteroatoms. The van der Waals surface area contributed by atoms with Crippen molar-refractivity contribution >= 4 is 29.5 Å². The lowest BCUT2D eigenvalue weighted by molar-refractivity contribution is -0.0460. The topological polar surface area (TPSA) is 71.7 Å². The predicted octanol–water partition coefficient (Wildman–Crippen LogP) is 4.98. The van der Waals surface area contributed by atoms with E-state index in [0.717, 1.165) is 10.5 Å². The van der Waals surface area contributed by atoms with Crippen molar-refractivity contribution in [2.24, 2.45) is 5.92 Å². The maximum absolute atomic E-state index is 14.2. The van der Waals surface area contributed by atoms with Gasteiger partial charge in [-0.1, -0.05) is 11.6 Å². The number of carbonyl (C=O) groups excluding carboxylic acids is 1. The molecule has 1 aliphatic rings. The van der Waals surface area contributed by atoms with E-state index in [0.29, 0.717) is 6.92 Å². The molecule has 0 aliphatic heterocycles. The average molecular weight is 421 g/mol. The monoisotopic (exact) mass is 420 g/mol. The van der Waals surface area contributed by atoms with Gasteiger partial charge in [0.2, 0.25) is 5.92 Å². The number of alkyl halides is 4. The van der Waals surface area contributed by atoms with E-state index in [1.54, 1.807) is 0 Å². The first kappa shape index (κ1) is 20.6. The van der Waals surface area contributed by atoms with Crippen LogP contribution in [0.4, 0.5) is 17.6 Å². The molecule has 152 valence electrons. The Balaban J connectivity index is 2.17. The molecule has 0 atom stereocenters. The summed E-state index contributed by atoms with van der Waals surface area (Å²) in [6.45, 7) is 0.633. The molecule has 0 aromatic carbocycles. The van der Waals surface area contributed by atoms with Crippen molar-refractivity contribution in [1.29, 1.82) is 0 Å². The number of carbonyl (C=O) groups is 2. The Hall–Kier alpha value is -2.16. The van der Waals surface area contributed by atoms with Gasteiger partial charge in [-0.25, -0.2) is 18.6 Å². The number of halogens is 5. The van der Waals surface area contributed by atoms with Gasteiger partial charge in [-0.15, -0.1) is 0 Å². The molecule has 2 aromatic rings. The number of hydrogen-bond acceptors (Lipinski definition) is 3. The Morgan fingerprint density at radius 2 is 2.04 bits per heavy atom. The minimum atomic E-state index is -3.38. The SMILES string of the molecule is CC(F)(F)c1nc2cc(C(=O)O)c(Cl)c(C=O)n2c1CC1CCC(F)(F)CC1. The Kier molecular flexibility index (Phi) is 5.16. The number of carboxylic acids is 1. The fraction of sp³-hybridized carbons (Fsp3) is 0.500. The van der Waals surface area contributed by atoms with Crippen molar-refractivity contribution < 1.29 is 32.3 Å². The maximum atomic E-state index is 14.2. The first-order valence-corrected chi connectivity index (χ1v) is 9.01. The van der Waals surface area contributed by atoms with Crippen molar-refractivity contribution in [1.82, 2.24) is 9.38 Å². The first-order chi connectivity index (χ1) is 12.9. The van der Waals surface area contributed by atoms with Crippen LogP contribution in [0.25, 0.3) is 5.65 Å². The normalized spacial score (nSPS) is 17.8. The third-order valence-corrected chi connectivity index (χ3v) is 5.45. The third-order valence-electron chi connectivity index (χ3n) is 5.05. The number of aromatic nitrogens is 2. The molecule has 2 aromatic heterocycles. The summed E-state index contributed by atoms with van der Waals surface area (Å²) in [5.41, 5.74) is -1.53. The molecule has 1 N–H and O–H groups in total. The van der Waals surface area contributed by atoms with E-state index < -0.39 is 34.1 Å². The zero-order valence-corrected chi connectivity index (χ0v) is 15.6. The minimum absolute atomic E-state index is 0.000400. The van der Waals surface area contributed by atoms with Crippen LogP contribution in [-0.2, 0) is 12.3 Å². The zero-order valence-electron chi connectivity index (χ0n) is 14.8. The van der Waals surface area contributed by atoms with Gasteiger partial charge in [-0.3, -0.25) is 9.20 Å². The van der Waals surface area contributed by atoms with Crippen LogP contribution in [0.5, 0.6) is 0 Å². The Morgan fingerprint density at radius 1 is 1.43 bits per heavy atom. The molecule has 2 heterocycles. The average Bonchev–Trinajstić information content (AvgIpc) is 2.94. The van der Waals surface area contributed by atoms with Crippen LogP contribution in [-0.4, -0.2) is 32.7 Å². The molecule has 0 amide bonds. The number of imidazole rings is 1. The molecule has 0 bridgehead atoms. The number of carboxylic acid groups (broad SMARTS) is 1. The van der Waals surface area contributed by atoms with E-state index in [-0.39, 0.29) is 61.3 Å². The molecule has 28 heavy (non-hydrogen) atoms. The highest BCUT2D eigenvalue weighted by molar-refractivity contribution is 6.35. The maximum Gasteiger partial charge on any atom is 0.337 e. The highest BCUT2D eigenvalue weighted by Crippen LogP contribution is 2.40. The van der Waals surface area contributed by atoms with Gasteiger partial charge in [0.05, 0.1) is 16.3 Å². The third kappa shape index (κ3) is 3.72. The van der Waals surface area contributed by atoms with Crippen molar-refractivity contribution in [3.8, 4) is 0 Å². The van der Waals surface area contributed by atoms with Crippen LogP contribution >= 0.6 is 11.6 Å². The van der Waals surface area contributed by atoms with E-state index in [2.05, 4.69) is 4.98 Å². The summed E-state index contributed by atoms with van der Waals surface area (Å²) in [4.78, 5) is 26.8. The fourth-order valence-corrected chi connectivity index (χ4v) is 3.91. The number of aldehydes is 1. The smallest absolute Gasteiger partial charge is 0.337 e. The van der Waals surface area contributed by atoms with Gasteiger partial charge in [0.1, 0.15) is 17.0 Å². The molecule has 0 radical (unpaired) electrons. The summed E-state index contributed by atoms with van der Waals surface area (Å²) in [7, 11) is 0. The van der Waals surface area contributed by atoms with Gasteiger partial charge in [0, 0.05) is 19.8 Å². The summed E-state index contributed by atoms with van der Waals surface area (Å²) < 4.78 is 56.3. The van der Waals surface area contributed by atoms with E-state index in [1.807, 2.05) is 0 Å². The van der Waals surface area contributed by atoms with Gasteiger partial charge in [-0.05, 0) is 31.2 Å². The van der Waals surface area contributed by atoms with Crippen LogP contribution in [0.2, 0.25) is 5.02 Å². The summed E-state index contributed by atoms with van der Waals surface area (Å²) in [5, 5.41) is 8.84. The Bertz CT molecular complexity index is 943. The highest BCUT2D eigenvalue weighted by Gasteiger charge is 2.38. The van der Waals surface area contributed by atoms with Crippen LogP contribution < -0.4 is 0 Å². The molecule has 1 aliphatic carbocycles. The second-order valence-electron chi connectivity index (χ2n) is 7.17. The number of rotatable bonds is 5. The lowest BCUT2D eigenvalue weighted by Gasteiger charge is -2.28. The van der Waals surface area contributed by atoms with Crippen molar-refractivity contribution in [2.45, 2.75) is 50.9 Å². The van der Waals surface area contributed by atoms with E-state index in [1.165, 1.54) is 0 Å². The molecule has 3 rings (SSSR count). The molecular weight excluding hydrogens is 404 g/mol. The summed E-state index contributed by atoms with van der Waals surface area (Å²) in [5.74, 6) is -7.87. The minimum Gasteiger partial charge on any atom is -0.478 e. The molecule has 0 unspecified atom stereocenters. The summed E-state index contributed by atoms with van der Waals surface area (Å²) in [6, 6.07) is 1.02. The molecule has 0 saturated heterocycles. The van der Waals surface area contributed by atoms with Gasteiger partial charge in [0.15, 0.2) is 6.29 Å². The molecule has 1 fully saturated rings. The number of pyridine rings is 1. The van der Waals surface area contributed by atoms with Crippen molar-refractivity contribution in [2.75, 3.05) is 0 Å². The summed E-state index contributed by atoms with van der Waals surface area (Å²) in [6.07, 6.45) is -0.106. The van der Waals surface area contributed by atoms with Gasteiger partial charge < -0.3 is 5.11 Å². The van der Waals surface area contributed by atoms with Gasteiger partial charge >= 0.3 is 5.97 Å². The van der Waals surface area contributed by atoms with E-state index in [4.69, 9.17) is 11.6 Å². The van der Waals surface area contributed by atoms with E-state index in [9.17, 15) is 32.3 Å². The van der Waals surface area contributed by atoms with Gasteiger partial charge in [-0.2, -0.15) is 8.78 Å². The number of fused-ring (bicyclic) bond motifs is 1. The molecule has 0 spiro atoms. The standard InChI is InChI=1S/C18H17ClF4N2O3/c1-17(20,21)15-11(6-9-2-4-18(22,23)5-3-9)25-12(8-26)14(19)10(16(27)28)7-13(25)24-15/h7-9H,2-6H2,1H3,(H,27,28). The lowest BCUT2D eigenvalue weighted by atomic mass is 9.83. The number of hydrogen-bond donors (Lipinski definition) is 1. The highest BCUT2D eigenvalue weighted by atomic mass is 35.5. The zero-order chi connectivity index (χ0) is 20.9. The molecule has 5 nitrogen and oxygen atoms in total. The van der Waals surface area contributed by atoms with Crippen LogP contribution in [0.1, 0.15) is 64.8 Å². The summed E-state index contributed by atoms with van der Waals surface area (Å²) >= 11 is 6.01. The Labute approximate surface area is 162 Å². The van der Waals surface area contributed by atoms with Crippen molar-refractivity contribution in [3.05, 3.63) is 33.7 Å². The quantitative estimate of drug-likeness (QED) is 0.547. The molecule has 1 saturated carbocycles. The second kappa shape index (κ2) is 7.02. The number of nitrogens with zero attached hydrogens (tertiary/aromatic N) is 2. The van der Waals surface area contributed by atoms with Crippen molar-refractivity contribution in [3.63, 3.8) is 0 Å². The first-order valence-electron chi connectivity index (χ1n) is 8.63. The largest absolute Gasteiger partial charge is 0.478 e. The fourth-order valence-electron chi connectivity index (χ4n) is 3.64. The Morgan fingerprint density at radius 3 is 2.54 bits per heavy atom. The van der Waals surface area contributed by atoms with Crippen LogP contribution in [0, 0.1) is 5.92 Å². The van der Waals surface area contributed by atoms with Gasteiger partial charge in [0.25, 0.3) is 5.92 Å². The molecular formula is C18H17ClF4N2O3. The van der Waals surface area contributed by atoms with Crippen LogP contribution in [0.15, 0.2) is 6.07 Å². The lowest BCUT2D eigenvalue weighted by Crippen LogP contribution is -2.26. The second-order valence-corrected chi connectivity index (χ2v) is 7.55. The van der Waals surface area contributed by atoms with Crippen LogP contribution in [0.3, 0.4) is 0 Å².